The Morgan fingerprint density at radius 1 is 1.47 bits per heavy atom. The van der Waals surface area contributed by atoms with Crippen LogP contribution in [0.2, 0.25) is 0 Å². The molecule has 0 fully saturated rings. The minimum atomic E-state index is 0.264. The lowest BCUT2D eigenvalue weighted by Crippen LogP contribution is -2.37. The molecule has 0 radical (unpaired) electrons. The van der Waals surface area contributed by atoms with E-state index in [1.54, 1.807) is 6.33 Å². The third kappa shape index (κ3) is 5.28. The second-order valence-corrected chi connectivity index (χ2v) is 4.54. The fraction of sp³-hybridized carbons (Fsp3) is 0.833. The number of aromatic nitrogens is 3. The highest BCUT2D eigenvalue weighted by Crippen LogP contribution is 2.01. The van der Waals surface area contributed by atoms with Crippen molar-refractivity contribution >= 4 is 0 Å². The van der Waals surface area contributed by atoms with Gasteiger partial charge in [0.05, 0.1) is 12.7 Å². The summed E-state index contributed by atoms with van der Waals surface area (Å²) in [5, 5.41) is 7.57. The van der Waals surface area contributed by atoms with Gasteiger partial charge in [-0.25, -0.2) is 4.98 Å². The minimum Gasteiger partial charge on any atom is -0.377 e. The Hall–Kier alpha value is -0.940. The molecule has 0 bridgehead atoms. The maximum Gasteiger partial charge on any atom is 0.138 e. The fourth-order valence-corrected chi connectivity index (χ4v) is 1.57. The largest absolute Gasteiger partial charge is 0.377 e. The van der Waals surface area contributed by atoms with Gasteiger partial charge in [-0.05, 0) is 26.8 Å². The summed E-state index contributed by atoms with van der Waals surface area (Å²) in [5.41, 5.74) is 0. The molecule has 98 valence electrons. The molecule has 1 unspecified atom stereocenters. The standard InChI is InChI=1S/C12H24N4O/c1-5-6-13-11(8-17-10(2)3)7-12-14-9-15-16(12)4/h9-11,13H,5-8H2,1-4H3. The first-order chi connectivity index (χ1) is 8.13. The Morgan fingerprint density at radius 3 is 2.76 bits per heavy atom. The Balaban J connectivity index is 2.47. The van der Waals surface area contributed by atoms with Crippen molar-refractivity contribution in [2.45, 2.75) is 45.8 Å². The minimum absolute atomic E-state index is 0.264. The molecule has 1 N–H and O–H groups in total. The Labute approximate surface area is 104 Å². The summed E-state index contributed by atoms with van der Waals surface area (Å²) in [6.07, 6.45) is 3.83. The van der Waals surface area contributed by atoms with Crippen LogP contribution >= 0.6 is 0 Å². The highest BCUT2D eigenvalue weighted by molar-refractivity contribution is 4.89. The maximum absolute atomic E-state index is 5.67. The van der Waals surface area contributed by atoms with Crippen LogP contribution in [-0.4, -0.2) is 40.1 Å². The zero-order valence-electron chi connectivity index (χ0n) is 11.3. The van der Waals surface area contributed by atoms with E-state index in [0.29, 0.717) is 12.6 Å². The van der Waals surface area contributed by atoms with Gasteiger partial charge in [-0.3, -0.25) is 4.68 Å². The van der Waals surface area contributed by atoms with Gasteiger partial charge in [0, 0.05) is 19.5 Å². The lowest BCUT2D eigenvalue weighted by atomic mass is 10.2. The van der Waals surface area contributed by atoms with Crippen LogP contribution in [0, 0.1) is 0 Å². The molecule has 0 saturated carbocycles. The van der Waals surface area contributed by atoms with Crippen LogP contribution < -0.4 is 5.32 Å². The molecule has 0 aliphatic carbocycles. The molecular formula is C12H24N4O. The zero-order chi connectivity index (χ0) is 12.7. The Bertz CT molecular complexity index is 311. The molecule has 1 heterocycles. The number of hydrogen-bond acceptors (Lipinski definition) is 4. The molecule has 1 aromatic heterocycles. The van der Waals surface area contributed by atoms with E-state index in [1.165, 1.54) is 0 Å². The predicted molar refractivity (Wildman–Crippen MR) is 67.9 cm³/mol. The van der Waals surface area contributed by atoms with E-state index >= 15 is 0 Å². The van der Waals surface area contributed by atoms with E-state index in [4.69, 9.17) is 4.74 Å². The van der Waals surface area contributed by atoms with Gasteiger partial charge >= 0.3 is 0 Å². The van der Waals surface area contributed by atoms with E-state index in [-0.39, 0.29) is 6.10 Å². The molecule has 5 heteroatoms. The molecule has 0 saturated heterocycles. The predicted octanol–water partition coefficient (Wildman–Crippen LogP) is 1.15. The highest BCUT2D eigenvalue weighted by atomic mass is 16.5. The van der Waals surface area contributed by atoms with E-state index in [1.807, 2.05) is 11.7 Å². The quantitative estimate of drug-likeness (QED) is 0.740. The van der Waals surface area contributed by atoms with Crippen molar-refractivity contribution in [2.24, 2.45) is 7.05 Å². The van der Waals surface area contributed by atoms with Crippen molar-refractivity contribution in [1.82, 2.24) is 20.1 Å². The van der Waals surface area contributed by atoms with Crippen molar-refractivity contribution in [3.8, 4) is 0 Å². The van der Waals surface area contributed by atoms with Gasteiger partial charge < -0.3 is 10.1 Å². The van der Waals surface area contributed by atoms with Crippen LogP contribution in [0.4, 0.5) is 0 Å². The summed E-state index contributed by atoms with van der Waals surface area (Å²) >= 11 is 0. The molecule has 0 aromatic carbocycles. The van der Waals surface area contributed by atoms with Crippen LogP contribution in [0.5, 0.6) is 0 Å². The zero-order valence-corrected chi connectivity index (χ0v) is 11.3. The lowest BCUT2D eigenvalue weighted by Gasteiger charge is -2.19. The fourth-order valence-electron chi connectivity index (χ4n) is 1.57. The molecule has 1 atom stereocenters. The third-order valence-corrected chi connectivity index (χ3v) is 2.55. The van der Waals surface area contributed by atoms with Crippen LogP contribution in [-0.2, 0) is 18.2 Å². The van der Waals surface area contributed by atoms with E-state index < -0.39 is 0 Å². The van der Waals surface area contributed by atoms with E-state index in [9.17, 15) is 0 Å². The third-order valence-electron chi connectivity index (χ3n) is 2.55. The van der Waals surface area contributed by atoms with Gasteiger partial charge in [0.15, 0.2) is 0 Å². The summed E-state index contributed by atoms with van der Waals surface area (Å²) in [5.74, 6) is 0.992. The van der Waals surface area contributed by atoms with Gasteiger partial charge in [-0.1, -0.05) is 6.92 Å². The molecule has 0 amide bonds. The van der Waals surface area contributed by atoms with Crippen molar-refractivity contribution in [3.05, 3.63) is 12.2 Å². The van der Waals surface area contributed by atoms with Gasteiger partial charge in [-0.15, -0.1) is 0 Å². The number of nitrogens with zero attached hydrogens (tertiary/aromatic N) is 3. The normalized spacial score (nSPS) is 13.2. The monoisotopic (exact) mass is 240 g/mol. The van der Waals surface area contributed by atoms with Crippen molar-refractivity contribution < 1.29 is 4.74 Å². The van der Waals surface area contributed by atoms with Crippen LogP contribution in [0.3, 0.4) is 0 Å². The average Bonchev–Trinajstić information content (AvgIpc) is 2.68. The Kier molecular flexibility index (Phi) is 6.15. The van der Waals surface area contributed by atoms with Gasteiger partial charge in [-0.2, -0.15) is 5.10 Å². The first kappa shape index (κ1) is 14.1. The van der Waals surface area contributed by atoms with Crippen LogP contribution in [0.25, 0.3) is 0 Å². The number of rotatable bonds is 8. The molecule has 1 aromatic rings. The van der Waals surface area contributed by atoms with Crippen molar-refractivity contribution in [1.29, 1.82) is 0 Å². The summed E-state index contributed by atoms with van der Waals surface area (Å²) in [6.45, 7) is 7.99. The van der Waals surface area contributed by atoms with Crippen molar-refractivity contribution in [2.75, 3.05) is 13.2 Å². The second-order valence-electron chi connectivity index (χ2n) is 4.54. The molecule has 0 aliphatic rings. The first-order valence-electron chi connectivity index (χ1n) is 6.31. The summed E-state index contributed by atoms with van der Waals surface area (Å²) in [7, 11) is 1.92. The molecule has 1 rings (SSSR count). The first-order valence-corrected chi connectivity index (χ1v) is 6.31. The summed E-state index contributed by atoms with van der Waals surface area (Å²) in [4.78, 5) is 4.25. The second kappa shape index (κ2) is 7.40. The van der Waals surface area contributed by atoms with Gasteiger partial charge in [0.2, 0.25) is 0 Å². The van der Waals surface area contributed by atoms with E-state index in [0.717, 1.165) is 25.2 Å². The summed E-state index contributed by atoms with van der Waals surface area (Å²) < 4.78 is 7.49. The highest BCUT2D eigenvalue weighted by Gasteiger charge is 2.13. The summed E-state index contributed by atoms with van der Waals surface area (Å²) in [6, 6.07) is 0.306. The average molecular weight is 240 g/mol. The molecule has 5 nitrogen and oxygen atoms in total. The number of hydrogen-bond donors (Lipinski definition) is 1. The Morgan fingerprint density at radius 2 is 2.24 bits per heavy atom. The van der Waals surface area contributed by atoms with Gasteiger partial charge in [0.25, 0.3) is 0 Å². The number of aryl methyl sites for hydroxylation is 1. The smallest absolute Gasteiger partial charge is 0.138 e. The SMILES string of the molecule is CCCNC(COC(C)C)Cc1ncnn1C. The number of ether oxygens (including phenoxy) is 1. The van der Waals surface area contributed by atoms with Crippen LogP contribution in [0.15, 0.2) is 6.33 Å². The van der Waals surface area contributed by atoms with E-state index in [2.05, 4.69) is 36.2 Å². The molecule has 17 heavy (non-hydrogen) atoms. The molecule has 0 aliphatic heterocycles. The lowest BCUT2D eigenvalue weighted by molar-refractivity contribution is 0.0607. The molecule has 0 spiro atoms. The van der Waals surface area contributed by atoms with Gasteiger partial charge in [0.1, 0.15) is 12.2 Å². The van der Waals surface area contributed by atoms with Crippen LogP contribution in [0.1, 0.15) is 33.0 Å². The van der Waals surface area contributed by atoms with Crippen molar-refractivity contribution in [3.63, 3.8) is 0 Å². The number of nitrogens with one attached hydrogen (secondary N) is 1. The molecular weight excluding hydrogens is 216 g/mol. The maximum atomic E-state index is 5.67. The topological polar surface area (TPSA) is 52.0 Å².